The molecule has 2 atom stereocenters. The molecule has 3 aliphatic rings. The van der Waals surface area contributed by atoms with Gasteiger partial charge in [-0.15, -0.1) is 5.10 Å². The number of carbonyl (C=O) groups excluding carboxylic acids is 3. The maximum absolute atomic E-state index is 15.5. The molecule has 2 aromatic heterocycles. The first kappa shape index (κ1) is 38.1. The van der Waals surface area contributed by atoms with Crippen LogP contribution in [0.1, 0.15) is 94.0 Å². The van der Waals surface area contributed by atoms with Crippen molar-refractivity contribution in [2.45, 2.75) is 83.7 Å². The van der Waals surface area contributed by atoms with E-state index in [4.69, 9.17) is 4.98 Å². The summed E-state index contributed by atoms with van der Waals surface area (Å²) in [6.07, 6.45) is -0.828. The van der Waals surface area contributed by atoms with Crippen LogP contribution in [0.5, 0.6) is 0 Å². The zero-order chi connectivity index (χ0) is 40.2. The van der Waals surface area contributed by atoms with Gasteiger partial charge >= 0.3 is 6.18 Å². The number of nitrogens with one attached hydrogen (secondary N) is 2. The quantitative estimate of drug-likeness (QED) is 0.121. The Morgan fingerprint density at radius 3 is 2.47 bits per heavy atom. The van der Waals surface area contributed by atoms with Gasteiger partial charge in [0.1, 0.15) is 11.9 Å². The minimum Gasteiger partial charge on any atom is -0.362 e. The van der Waals surface area contributed by atoms with E-state index in [1.54, 1.807) is 25.3 Å². The fraction of sp³-hybridized carbons (Fsp3) is 0.349. The van der Waals surface area contributed by atoms with Crippen molar-refractivity contribution in [1.29, 1.82) is 0 Å². The van der Waals surface area contributed by atoms with E-state index in [9.17, 15) is 27.6 Å². The number of aryl methyl sites for hydroxylation is 1. The average Bonchev–Trinajstić information content (AvgIpc) is 3.49. The number of fused-ring (bicyclic) bond motifs is 2. The predicted octanol–water partition coefficient (Wildman–Crippen LogP) is 7.78. The molecule has 3 amide bonds. The molecule has 5 heterocycles. The second-order valence-electron chi connectivity index (χ2n) is 15.3. The van der Waals surface area contributed by atoms with E-state index in [1.165, 1.54) is 24.0 Å². The topological polar surface area (TPSA) is 120 Å². The van der Waals surface area contributed by atoms with Gasteiger partial charge in [0.2, 0.25) is 11.8 Å². The number of benzene rings is 3. The van der Waals surface area contributed by atoms with Crippen LogP contribution in [-0.4, -0.2) is 61.8 Å². The summed E-state index contributed by atoms with van der Waals surface area (Å²) in [6.45, 7) is 7.50. The number of alkyl halides is 3. The molecule has 8 rings (SSSR count). The third kappa shape index (κ3) is 7.45. The van der Waals surface area contributed by atoms with Crippen molar-refractivity contribution in [2.24, 2.45) is 0 Å². The van der Waals surface area contributed by atoms with E-state index >= 15 is 4.39 Å². The van der Waals surface area contributed by atoms with Crippen molar-refractivity contribution in [3.8, 4) is 11.3 Å². The Hall–Kier alpha value is -5.76. The summed E-state index contributed by atoms with van der Waals surface area (Å²) in [7, 11) is 0. The third-order valence-electron chi connectivity index (χ3n) is 11.6. The molecule has 3 aromatic carbocycles. The lowest BCUT2D eigenvalue weighted by Crippen LogP contribution is -2.52. The molecule has 0 bridgehead atoms. The van der Waals surface area contributed by atoms with Crippen LogP contribution in [0, 0.1) is 19.7 Å². The van der Waals surface area contributed by atoms with Gasteiger partial charge in [0.25, 0.3) is 5.91 Å². The fourth-order valence-electron chi connectivity index (χ4n) is 8.56. The average molecular weight is 780 g/mol. The first-order chi connectivity index (χ1) is 27.2. The van der Waals surface area contributed by atoms with Crippen LogP contribution in [0.3, 0.4) is 0 Å². The Morgan fingerprint density at radius 2 is 1.72 bits per heavy atom. The van der Waals surface area contributed by atoms with Crippen LogP contribution in [0.4, 0.5) is 23.4 Å². The second-order valence-corrected chi connectivity index (χ2v) is 15.3. The van der Waals surface area contributed by atoms with Gasteiger partial charge in [-0.3, -0.25) is 29.6 Å². The number of nitrogens with zero attached hydrogens (tertiary/aromatic N) is 5. The van der Waals surface area contributed by atoms with Crippen molar-refractivity contribution < 1.29 is 31.9 Å². The first-order valence-electron chi connectivity index (χ1n) is 19.1. The zero-order valence-corrected chi connectivity index (χ0v) is 31.7. The van der Waals surface area contributed by atoms with Crippen molar-refractivity contribution in [2.75, 3.05) is 18.4 Å². The molecule has 2 saturated heterocycles. The molecule has 5 aromatic rings. The number of rotatable bonds is 8. The van der Waals surface area contributed by atoms with Crippen molar-refractivity contribution in [3.05, 3.63) is 117 Å². The van der Waals surface area contributed by atoms with Crippen LogP contribution in [0.15, 0.2) is 66.9 Å². The number of piperidine rings is 2. The molecular formula is C43H41F4N7O3. The van der Waals surface area contributed by atoms with Crippen LogP contribution in [-0.2, 0) is 28.9 Å². The standard InChI is InChI=1S/C43H41F4N7O3/c1-23-30(8-5-9-35(23)43(45,46)47)24(2)49-40-33-19-37(48-20-34(33)25(3)51-52-40)28-7-4-6-26(16-28)21-53-14-12-27(13-15-53)31-17-29-22-54(42(57)32(29)18-36(31)44)38-10-11-39(55)50-41(38)56/h4-9,16-20,24,27,38H,10-15,21-22H2,1-3H3,(H,49,52)(H,50,55,56)/t24-,38?/m1/s1. The summed E-state index contributed by atoms with van der Waals surface area (Å²) < 4.78 is 56.5. The Balaban J connectivity index is 0.948. The number of halogens is 4. The van der Waals surface area contributed by atoms with Gasteiger partial charge in [-0.05, 0) is 111 Å². The number of aromatic nitrogens is 3. The number of anilines is 1. The highest BCUT2D eigenvalue weighted by Gasteiger charge is 2.40. The number of likely N-dealkylation sites (tertiary alicyclic amines) is 1. The molecule has 14 heteroatoms. The van der Waals surface area contributed by atoms with E-state index in [1.807, 2.05) is 25.1 Å². The van der Waals surface area contributed by atoms with Crippen molar-refractivity contribution >= 4 is 34.3 Å². The molecule has 0 spiro atoms. The van der Waals surface area contributed by atoms with Gasteiger partial charge in [0, 0.05) is 47.6 Å². The molecule has 57 heavy (non-hydrogen) atoms. The number of hydrogen-bond donors (Lipinski definition) is 2. The summed E-state index contributed by atoms with van der Waals surface area (Å²) in [6, 6.07) is 16.1. The lowest BCUT2D eigenvalue weighted by atomic mass is 9.87. The van der Waals surface area contributed by atoms with Gasteiger partial charge in [-0.25, -0.2) is 4.39 Å². The van der Waals surface area contributed by atoms with Crippen LogP contribution in [0.2, 0.25) is 0 Å². The molecular weight excluding hydrogens is 739 g/mol. The molecule has 1 unspecified atom stereocenters. The highest BCUT2D eigenvalue weighted by atomic mass is 19.4. The molecule has 294 valence electrons. The highest BCUT2D eigenvalue weighted by molar-refractivity contribution is 6.05. The SMILES string of the molecule is Cc1c([C@@H](C)Nc2nnc(C)c3cnc(-c4cccc(CN5CCC(c6cc7c(cc6F)C(=O)N(C6CCC(=O)NC6=O)C7)CC5)c4)cc23)cccc1C(F)(F)F. The van der Waals surface area contributed by atoms with Crippen molar-refractivity contribution in [1.82, 2.24) is 30.3 Å². The van der Waals surface area contributed by atoms with Crippen LogP contribution in [0.25, 0.3) is 22.0 Å². The highest BCUT2D eigenvalue weighted by Crippen LogP contribution is 2.38. The summed E-state index contributed by atoms with van der Waals surface area (Å²) in [4.78, 5) is 45.8. The molecule has 2 N–H and O–H groups in total. The molecule has 0 radical (unpaired) electrons. The first-order valence-corrected chi connectivity index (χ1v) is 19.1. The number of carbonyl (C=O) groups is 3. The van der Waals surface area contributed by atoms with E-state index < -0.39 is 35.5 Å². The summed E-state index contributed by atoms with van der Waals surface area (Å²) in [5.41, 5.74) is 4.93. The largest absolute Gasteiger partial charge is 0.416 e. The maximum atomic E-state index is 15.5. The fourth-order valence-corrected chi connectivity index (χ4v) is 8.56. The third-order valence-corrected chi connectivity index (χ3v) is 11.6. The van der Waals surface area contributed by atoms with E-state index in [2.05, 4.69) is 37.9 Å². The van der Waals surface area contributed by atoms with Gasteiger partial charge in [0.15, 0.2) is 5.82 Å². The lowest BCUT2D eigenvalue weighted by molar-refractivity contribution is -0.138. The van der Waals surface area contributed by atoms with E-state index in [-0.39, 0.29) is 48.2 Å². The molecule has 10 nitrogen and oxygen atoms in total. The van der Waals surface area contributed by atoms with Gasteiger partial charge < -0.3 is 10.2 Å². The molecule has 3 aliphatic heterocycles. The molecule has 2 fully saturated rings. The van der Waals surface area contributed by atoms with Gasteiger partial charge in [0.05, 0.1) is 23.0 Å². The van der Waals surface area contributed by atoms with E-state index in [0.717, 1.165) is 53.9 Å². The maximum Gasteiger partial charge on any atom is 0.416 e. The smallest absolute Gasteiger partial charge is 0.362 e. The van der Waals surface area contributed by atoms with Gasteiger partial charge in [-0.2, -0.15) is 18.3 Å². The minimum atomic E-state index is -4.46. The number of imide groups is 1. The monoisotopic (exact) mass is 779 g/mol. The Bertz CT molecular complexity index is 2430. The Labute approximate surface area is 326 Å². The van der Waals surface area contributed by atoms with E-state index in [0.29, 0.717) is 40.4 Å². The number of hydrogen-bond acceptors (Lipinski definition) is 8. The summed E-state index contributed by atoms with van der Waals surface area (Å²) in [5.74, 6) is -1.23. The lowest BCUT2D eigenvalue weighted by Gasteiger charge is -2.32. The summed E-state index contributed by atoms with van der Waals surface area (Å²) in [5, 5.41) is 15.8. The van der Waals surface area contributed by atoms with Crippen LogP contribution >= 0.6 is 0 Å². The molecule has 0 aliphatic carbocycles. The summed E-state index contributed by atoms with van der Waals surface area (Å²) >= 11 is 0. The Morgan fingerprint density at radius 1 is 0.947 bits per heavy atom. The zero-order valence-electron chi connectivity index (χ0n) is 31.7. The number of amides is 3. The van der Waals surface area contributed by atoms with Gasteiger partial charge in [-0.1, -0.05) is 36.4 Å². The molecule has 0 saturated carbocycles. The predicted molar refractivity (Wildman–Crippen MR) is 205 cm³/mol. The number of pyridine rings is 1. The normalized spacial score (nSPS) is 18.5. The van der Waals surface area contributed by atoms with Crippen molar-refractivity contribution in [3.63, 3.8) is 0 Å². The van der Waals surface area contributed by atoms with Crippen LogP contribution < -0.4 is 10.6 Å². The Kier molecular flexibility index (Phi) is 10.0. The second kappa shape index (κ2) is 15.0. The minimum absolute atomic E-state index is 0.0194.